The van der Waals surface area contributed by atoms with Crippen LogP contribution < -0.4 is 0 Å². The predicted octanol–water partition coefficient (Wildman–Crippen LogP) is -4.49. The van der Waals surface area contributed by atoms with Crippen molar-refractivity contribution in [2.24, 2.45) is 0 Å². The Morgan fingerprint density at radius 3 is 1.29 bits per heavy atom. The summed E-state index contributed by atoms with van der Waals surface area (Å²) in [5.74, 6) is 0. The molecular weight excluding hydrogens is 424 g/mol. The summed E-state index contributed by atoms with van der Waals surface area (Å²) < 4.78 is 27.2. The summed E-state index contributed by atoms with van der Waals surface area (Å²) in [4.78, 5) is 0. The van der Waals surface area contributed by atoms with Crippen molar-refractivity contribution < 1.29 is 64.5 Å². The zero-order valence-corrected chi connectivity index (χ0v) is 17.3. The lowest BCUT2D eigenvalue weighted by Crippen LogP contribution is -2.65. The summed E-state index contributed by atoms with van der Waals surface area (Å²) in [5, 5.41) is 81.0. The van der Waals surface area contributed by atoms with Crippen molar-refractivity contribution in [1.29, 1.82) is 0 Å². The Hall–Kier alpha value is -0.520. The molecule has 0 saturated carbocycles. The minimum atomic E-state index is -1.69. The molecule has 15 atom stereocenters. The van der Waals surface area contributed by atoms with Crippen LogP contribution in [0.3, 0.4) is 0 Å². The van der Waals surface area contributed by atoms with Gasteiger partial charge in [0.15, 0.2) is 18.9 Å². The molecular formula is C18H32O13. The maximum atomic E-state index is 10.6. The van der Waals surface area contributed by atoms with Gasteiger partial charge in [0.25, 0.3) is 0 Å². The topological polar surface area (TPSA) is 208 Å². The Kier molecular flexibility index (Phi) is 7.91. The van der Waals surface area contributed by atoms with E-state index in [4.69, 9.17) is 23.7 Å². The first-order valence-corrected chi connectivity index (χ1v) is 10.2. The first-order valence-electron chi connectivity index (χ1n) is 10.2. The molecule has 0 aromatic rings. The number of aliphatic hydroxyl groups excluding tert-OH is 8. The molecule has 1 unspecified atom stereocenters. The van der Waals surface area contributed by atoms with E-state index in [1.165, 1.54) is 20.8 Å². The zero-order valence-electron chi connectivity index (χ0n) is 17.3. The van der Waals surface area contributed by atoms with Crippen LogP contribution in [0, 0.1) is 0 Å². The largest absolute Gasteiger partial charge is 0.388 e. The van der Waals surface area contributed by atoms with Crippen LogP contribution in [-0.2, 0) is 23.7 Å². The first kappa shape index (κ1) is 25.1. The molecule has 0 amide bonds. The van der Waals surface area contributed by atoms with E-state index in [9.17, 15) is 40.9 Å². The van der Waals surface area contributed by atoms with E-state index in [1.54, 1.807) is 0 Å². The Balaban J connectivity index is 1.78. The van der Waals surface area contributed by atoms with Gasteiger partial charge < -0.3 is 64.5 Å². The highest BCUT2D eigenvalue weighted by Gasteiger charge is 2.52. The summed E-state index contributed by atoms with van der Waals surface area (Å²) in [5.41, 5.74) is 0. The molecule has 13 heteroatoms. The van der Waals surface area contributed by atoms with Crippen LogP contribution in [0.4, 0.5) is 0 Å². The number of rotatable bonds is 4. The molecule has 3 fully saturated rings. The lowest BCUT2D eigenvalue weighted by atomic mass is 9.97. The molecule has 13 nitrogen and oxygen atoms in total. The molecule has 3 heterocycles. The number of aliphatic hydroxyl groups is 8. The first-order chi connectivity index (χ1) is 14.4. The molecule has 182 valence electrons. The van der Waals surface area contributed by atoms with E-state index in [2.05, 4.69) is 0 Å². The number of hydrogen-bond donors (Lipinski definition) is 8. The van der Waals surface area contributed by atoms with Crippen molar-refractivity contribution in [3.63, 3.8) is 0 Å². The van der Waals surface area contributed by atoms with Crippen molar-refractivity contribution in [2.75, 3.05) is 0 Å². The fourth-order valence-electron chi connectivity index (χ4n) is 3.87. The second-order valence-electron chi connectivity index (χ2n) is 8.29. The van der Waals surface area contributed by atoms with Crippen molar-refractivity contribution in [3.8, 4) is 0 Å². The molecule has 31 heavy (non-hydrogen) atoms. The molecule has 3 saturated heterocycles. The summed E-state index contributed by atoms with van der Waals surface area (Å²) in [7, 11) is 0. The lowest BCUT2D eigenvalue weighted by molar-refractivity contribution is -0.382. The van der Waals surface area contributed by atoms with E-state index < -0.39 is 92.1 Å². The molecule has 3 aliphatic heterocycles. The van der Waals surface area contributed by atoms with E-state index in [0.717, 1.165) is 0 Å². The predicted molar refractivity (Wildman–Crippen MR) is 97.0 cm³/mol. The number of hydrogen-bond acceptors (Lipinski definition) is 13. The average Bonchev–Trinajstić information content (AvgIpc) is 2.72. The van der Waals surface area contributed by atoms with Gasteiger partial charge in [-0.05, 0) is 20.8 Å². The molecule has 0 bridgehead atoms. The molecule has 0 aromatic carbocycles. The Labute approximate surface area is 178 Å². The van der Waals surface area contributed by atoms with E-state index in [0.29, 0.717) is 0 Å². The minimum absolute atomic E-state index is 0.914. The van der Waals surface area contributed by atoms with Crippen LogP contribution in [0.2, 0.25) is 0 Å². The van der Waals surface area contributed by atoms with Gasteiger partial charge in [0, 0.05) is 0 Å². The SMILES string of the molecule is C[C@@H]1O[C@@H](O[C@@H]2[C@@H](O)[C@H](C)OC(O)[C@@H]2O[C@@H]2O[C@@H](C)[C@H](O)[C@@H](O)[C@H]2O)[C@H](O)[C@H](O)[C@H]1O. The summed E-state index contributed by atoms with van der Waals surface area (Å²) in [6.07, 6.45) is -21.1. The van der Waals surface area contributed by atoms with Gasteiger partial charge in [-0.2, -0.15) is 0 Å². The average molecular weight is 456 g/mol. The molecule has 0 aromatic heterocycles. The molecule has 8 N–H and O–H groups in total. The number of ether oxygens (including phenoxy) is 5. The second-order valence-corrected chi connectivity index (χ2v) is 8.29. The van der Waals surface area contributed by atoms with E-state index in [-0.39, 0.29) is 0 Å². The fraction of sp³-hybridized carbons (Fsp3) is 1.00. The van der Waals surface area contributed by atoms with Gasteiger partial charge in [-0.1, -0.05) is 0 Å². The van der Waals surface area contributed by atoms with Crippen LogP contribution in [0.5, 0.6) is 0 Å². The highest BCUT2D eigenvalue weighted by Crippen LogP contribution is 2.32. The van der Waals surface area contributed by atoms with Crippen LogP contribution in [-0.4, -0.2) is 133 Å². The Morgan fingerprint density at radius 1 is 0.452 bits per heavy atom. The second kappa shape index (κ2) is 9.77. The van der Waals surface area contributed by atoms with Crippen LogP contribution in [0.15, 0.2) is 0 Å². The van der Waals surface area contributed by atoms with Gasteiger partial charge >= 0.3 is 0 Å². The summed E-state index contributed by atoms with van der Waals surface area (Å²) in [6.45, 7) is 4.34. The summed E-state index contributed by atoms with van der Waals surface area (Å²) >= 11 is 0. The zero-order chi connectivity index (χ0) is 23.2. The quantitative estimate of drug-likeness (QED) is 0.201. The molecule has 3 aliphatic rings. The summed E-state index contributed by atoms with van der Waals surface area (Å²) in [6, 6.07) is 0. The third-order valence-corrected chi connectivity index (χ3v) is 5.98. The monoisotopic (exact) mass is 456 g/mol. The van der Waals surface area contributed by atoms with E-state index in [1.807, 2.05) is 0 Å². The Morgan fingerprint density at radius 2 is 0.839 bits per heavy atom. The highest BCUT2D eigenvalue weighted by molar-refractivity contribution is 4.94. The maximum Gasteiger partial charge on any atom is 0.187 e. The highest BCUT2D eigenvalue weighted by atomic mass is 16.8. The van der Waals surface area contributed by atoms with Gasteiger partial charge in [-0.25, -0.2) is 0 Å². The van der Waals surface area contributed by atoms with Crippen molar-refractivity contribution in [3.05, 3.63) is 0 Å². The van der Waals surface area contributed by atoms with Crippen molar-refractivity contribution >= 4 is 0 Å². The third kappa shape index (κ3) is 4.89. The molecule has 0 spiro atoms. The Bertz CT molecular complexity index is 595. The van der Waals surface area contributed by atoms with Crippen molar-refractivity contribution in [2.45, 2.75) is 113 Å². The minimum Gasteiger partial charge on any atom is -0.388 e. The maximum absolute atomic E-state index is 10.6. The van der Waals surface area contributed by atoms with Gasteiger partial charge in [0.2, 0.25) is 0 Å². The van der Waals surface area contributed by atoms with Crippen molar-refractivity contribution in [1.82, 2.24) is 0 Å². The third-order valence-electron chi connectivity index (χ3n) is 5.98. The van der Waals surface area contributed by atoms with E-state index >= 15 is 0 Å². The lowest BCUT2D eigenvalue weighted by Gasteiger charge is -2.47. The standard InChI is InChI=1S/C18H32O13/c1-4-7(19)10(22)12(24)17(28-4)30-14-9(21)6(3)27-16(26)15(14)31-18-13(25)11(23)8(20)5(2)29-18/h4-26H,1-3H3/t4-,5-,6-,7-,8-,9-,10+,11+,12+,13+,14+,15+,16?,17-,18-/m0/s1. The van der Waals surface area contributed by atoms with Gasteiger partial charge in [0.05, 0.1) is 18.3 Å². The van der Waals surface area contributed by atoms with Crippen LogP contribution >= 0.6 is 0 Å². The van der Waals surface area contributed by atoms with Gasteiger partial charge in [-0.3, -0.25) is 0 Å². The smallest absolute Gasteiger partial charge is 0.187 e. The van der Waals surface area contributed by atoms with Crippen LogP contribution in [0.25, 0.3) is 0 Å². The fourth-order valence-corrected chi connectivity index (χ4v) is 3.87. The van der Waals surface area contributed by atoms with Gasteiger partial charge in [-0.15, -0.1) is 0 Å². The van der Waals surface area contributed by atoms with Crippen LogP contribution in [0.1, 0.15) is 20.8 Å². The molecule has 0 aliphatic carbocycles. The van der Waals surface area contributed by atoms with Gasteiger partial charge in [0.1, 0.15) is 54.9 Å². The molecule has 3 rings (SSSR count). The molecule has 0 radical (unpaired) electrons. The normalized spacial score (nSPS) is 56.4.